The first kappa shape index (κ1) is 36.0. The number of ether oxygens (including phenoxy) is 8. The number of carbonyl (C=O) groups is 4. The van der Waals surface area contributed by atoms with E-state index in [-0.39, 0.29) is 6.61 Å². The van der Waals surface area contributed by atoms with Gasteiger partial charge in [0.2, 0.25) is 0 Å². The van der Waals surface area contributed by atoms with Gasteiger partial charge in [0.05, 0.1) is 13.2 Å². The Labute approximate surface area is 278 Å². The Kier molecular flexibility index (Phi) is 13.3. The van der Waals surface area contributed by atoms with E-state index in [1.54, 1.807) is 0 Å². The molecule has 0 amide bonds. The molecule has 0 radical (unpaired) electrons. The number of nitrogens with zero attached hydrogens (tertiary/aromatic N) is 1. The third-order valence-corrected chi connectivity index (χ3v) is 8.34. The molecule has 13 nitrogen and oxygen atoms in total. The fraction of sp³-hybridized carbons (Fsp3) is 0.515. The number of benzene rings is 2. The third kappa shape index (κ3) is 10.3. The number of para-hydroxylation sites is 2. The minimum Gasteiger partial charge on any atom is -0.490 e. The molecule has 2 aromatic carbocycles. The summed E-state index contributed by atoms with van der Waals surface area (Å²) in [6, 6.07) is 17.1. The van der Waals surface area contributed by atoms with Gasteiger partial charge in [-0.05, 0) is 36.6 Å². The zero-order chi connectivity index (χ0) is 33.9. The number of rotatable bonds is 13. The van der Waals surface area contributed by atoms with Gasteiger partial charge in [-0.15, -0.1) is 0 Å². The predicted octanol–water partition coefficient (Wildman–Crippen LogP) is 3.64. The van der Waals surface area contributed by atoms with Crippen LogP contribution in [0.1, 0.15) is 46.3 Å². The molecule has 2 heterocycles. The van der Waals surface area contributed by atoms with Gasteiger partial charge < -0.3 is 37.9 Å². The first-order chi connectivity index (χ1) is 22.5. The molecule has 0 aromatic heterocycles. The molecule has 0 aliphatic carbocycles. The number of esters is 4. The van der Waals surface area contributed by atoms with Crippen LogP contribution < -0.4 is 9.47 Å². The van der Waals surface area contributed by atoms with E-state index >= 15 is 0 Å². The molecular weight excluding hydrogens is 634 g/mol. The Hall–Kier alpha value is -3.85. The topological polar surface area (TPSA) is 145 Å². The minimum atomic E-state index is -1.25. The van der Waals surface area contributed by atoms with E-state index in [0.29, 0.717) is 37.8 Å². The Bertz CT molecular complexity index is 1360. The summed E-state index contributed by atoms with van der Waals surface area (Å²) >= 11 is 1.22. The second-order valence-corrected chi connectivity index (χ2v) is 12.0. The first-order valence-corrected chi connectivity index (χ1v) is 16.2. The van der Waals surface area contributed by atoms with Crippen molar-refractivity contribution in [2.75, 3.05) is 32.9 Å². The van der Waals surface area contributed by atoms with Crippen molar-refractivity contribution >= 4 is 35.8 Å². The van der Waals surface area contributed by atoms with Gasteiger partial charge in [0.15, 0.2) is 41.4 Å². The van der Waals surface area contributed by atoms with Gasteiger partial charge in [-0.25, -0.2) is 4.31 Å². The van der Waals surface area contributed by atoms with Crippen molar-refractivity contribution in [3.63, 3.8) is 0 Å². The zero-order valence-corrected chi connectivity index (χ0v) is 27.8. The van der Waals surface area contributed by atoms with Gasteiger partial charge in [-0.3, -0.25) is 19.2 Å². The summed E-state index contributed by atoms with van der Waals surface area (Å²) in [4.78, 5) is 48.3. The summed E-state index contributed by atoms with van der Waals surface area (Å²) in [5.74, 6) is -1.45. The van der Waals surface area contributed by atoms with Crippen molar-refractivity contribution in [2.24, 2.45) is 0 Å². The van der Waals surface area contributed by atoms with E-state index in [9.17, 15) is 19.2 Å². The van der Waals surface area contributed by atoms with Gasteiger partial charge in [-0.2, -0.15) is 0 Å². The fourth-order valence-corrected chi connectivity index (χ4v) is 6.54. The van der Waals surface area contributed by atoms with Crippen LogP contribution in [0.25, 0.3) is 0 Å². The van der Waals surface area contributed by atoms with Crippen LogP contribution in [-0.4, -0.2) is 97.0 Å². The summed E-state index contributed by atoms with van der Waals surface area (Å²) in [6.07, 6.45) is -5.69. The van der Waals surface area contributed by atoms with Crippen molar-refractivity contribution in [1.29, 1.82) is 0 Å². The second-order valence-electron chi connectivity index (χ2n) is 10.8. The maximum Gasteiger partial charge on any atom is 0.303 e. The highest BCUT2D eigenvalue weighted by Gasteiger charge is 2.53. The average Bonchev–Trinajstić information content (AvgIpc) is 3.02. The smallest absolute Gasteiger partial charge is 0.303 e. The first-order valence-electron chi connectivity index (χ1n) is 15.3. The highest BCUT2D eigenvalue weighted by Crippen LogP contribution is 2.39. The molecule has 4 rings (SSSR count). The van der Waals surface area contributed by atoms with E-state index in [4.69, 9.17) is 37.9 Å². The summed E-state index contributed by atoms with van der Waals surface area (Å²) in [5, 5.41) is 0. The Balaban J connectivity index is 1.62. The van der Waals surface area contributed by atoms with Crippen molar-refractivity contribution in [3.05, 3.63) is 60.2 Å². The molecule has 0 N–H and O–H groups in total. The van der Waals surface area contributed by atoms with E-state index in [2.05, 4.69) is 0 Å². The maximum atomic E-state index is 12.3. The van der Waals surface area contributed by atoms with Crippen LogP contribution in [0.15, 0.2) is 54.6 Å². The van der Waals surface area contributed by atoms with Crippen LogP contribution in [0.4, 0.5) is 0 Å². The van der Waals surface area contributed by atoms with Gasteiger partial charge in [0.1, 0.15) is 18.8 Å². The molecule has 2 aliphatic rings. The number of hydrogen-bond donors (Lipinski definition) is 0. The highest BCUT2D eigenvalue weighted by molar-refractivity contribution is 7.97. The van der Waals surface area contributed by atoms with Crippen LogP contribution in [0.2, 0.25) is 0 Å². The van der Waals surface area contributed by atoms with E-state index in [1.807, 2.05) is 65.8 Å². The van der Waals surface area contributed by atoms with Crippen LogP contribution in [0.3, 0.4) is 0 Å². The molecule has 2 aromatic rings. The quantitative estimate of drug-likeness (QED) is 0.173. The van der Waals surface area contributed by atoms with Crippen LogP contribution in [-0.2, 0) is 47.6 Å². The molecule has 2 fully saturated rings. The summed E-state index contributed by atoms with van der Waals surface area (Å²) in [6.45, 7) is 8.04. The predicted molar refractivity (Wildman–Crippen MR) is 168 cm³/mol. The molecule has 2 aliphatic heterocycles. The largest absolute Gasteiger partial charge is 0.490 e. The van der Waals surface area contributed by atoms with Gasteiger partial charge >= 0.3 is 23.9 Å². The number of hydrogen-bond acceptors (Lipinski definition) is 14. The lowest BCUT2D eigenvalue weighted by Crippen LogP contribution is -2.62. The standard InChI is InChI=1S/C33H41NO12S/c1-6-39-25-14-10-11-15-26(25)45-29(24-12-8-7-9-13-24)27-18-34(16-17-40-27)47-33-32(44-23(5)38)31(43-22(4)37)30(42-21(3)36)28(46-33)19-41-20(2)35/h7-15,27-33H,6,16-19H2,1-5H3/t27-,28+,29-,30+,31-,32+,33-/m0/s1. The van der Waals surface area contributed by atoms with E-state index in [0.717, 1.165) is 5.56 Å². The fourth-order valence-electron chi connectivity index (χ4n) is 5.31. The minimum absolute atomic E-state index is 0.302. The van der Waals surface area contributed by atoms with Gasteiger partial charge in [0, 0.05) is 40.8 Å². The molecule has 0 bridgehead atoms. The zero-order valence-electron chi connectivity index (χ0n) is 27.0. The lowest BCUT2D eigenvalue weighted by molar-refractivity contribution is -0.238. The molecule has 47 heavy (non-hydrogen) atoms. The second kappa shape index (κ2) is 17.3. The number of morpholine rings is 1. The SMILES string of the molecule is CCOc1ccccc1O[C@@H](c1ccccc1)[C@@H]1CN(S[C@@H]2O[C@H](COC(C)=O)[C@@H](OC(C)=O)[C@H](OC(C)=O)[C@H]2OC(C)=O)CCO1. The molecule has 14 heteroatoms. The lowest BCUT2D eigenvalue weighted by Gasteiger charge is -2.45. The monoisotopic (exact) mass is 675 g/mol. The van der Waals surface area contributed by atoms with Crippen molar-refractivity contribution in [3.8, 4) is 11.5 Å². The molecule has 2 saturated heterocycles. The van der Waals surface area contributed by atoms with Gasteiger partial charge in [0.25, 0.3) is 0 Å². The summed E-state index contributed by atoms with van der Waals surface area (Å²) in [5.41, 5.74) is -0.0629. The maximum absolute atomic E-state index is 12.3. The van der Waals surface area contributed by atoms with Crippen LogP contribution in [0, 0.1) is 0 Å². The lowest BCUT2D eigenvalue weighted by atomic mass is 9.99. The Morgan fingerprint density at radius 3 is 2.09 bits per heavy atom. The van der Waals surface area contributed by atoms with Crippen molar-refractivity contribution < 1.29 is 57.1 Å². The Morgan fingerprint density at radius 2 is 1.45 bits per heavy atom. The molecule has 0 saturated carbocycles. The van der Waals surface area contributed by atoms with Crippen molar-refractivity contribution in [2.45, 2.75) is 76.7 Å². The van der Waals surface area contributed by atoms with Gasteiger partial charge in [-0.1, -0.05) is 42.5 Å². The van der Waals surface area contributed by atoms with Crippen molar-refractivity contribution in [1.82, 2.24) is 4.31 Å². The van der Waals surface area contributed by atoms with Crippen LogP contribution >= 0.6 is 11.9 Å². The molecule has 256 valence electrons. The molecule has 0 unspecified atom stereocenters. The normalized spacial score (nSPS) is 25.1. The van der Waals surface area contributed by atoms with Crippen LogP contribution in [0.5, 0.6) is 11.5 Å². The molecular formula is C33H41NO12S. The Morgan fingerprint density at radius 1 is 0.830 bits per heavy atom. The number of carbonyl (C=O) groups excluding carboxylic acids is 4. The average molecular weight is 676 g/mol. The summed E-state index contributed by atoms with van der Waals surface area (Å²) < 4.78 is 48.9. The molecule has 7 atom stereocenters. The van der Waals surface area contributed by atoms with E-state index in [1.165, 1.54) is 39.6 Å². The highest BCUT2D eigenvalue weighted by atomic mass is 32.2. The van der Waals surface area contributed by atoms with E-state index < -0.39 is 65.9 Å². The summed E-state index contributed by atoms with van der Waals surface area (Å²) in [7, 11) is 0. The molecule has 0 spiro atoms. The third-order valence-electron chi connectivity index (χ3n) is 7.13.